The van der Waals surface area contributed by atoms with E-state index in [0.717, 1.165) is 23.6 Å². The summed E-state index contributed by atoms with van der Waals surface area (Å²) in [5, 5.41) is 0. The second kappa shape index (κ2) is 12.8. The molecule has 1 aliphatic rings. The molecule has 1 heterocycles. The Morgan fingerprint density at radius 3 is 2.34 bits per heavy atom. The molecule has 2 unspecified atom stereocenters. The SMILES string of the molecule is C=CCOC(=O)C(CCC)c1ccc(C2(N(COCC[Si](C)(C)C)S(=O)C(C)(C)C)COC2)cc1. The topological polar surface area (TPSA) is 65.1 Å². The van der Waals surface area contributed by atoms with Crippen LogP contribution in [-0.2, 0) is 35.5 Å². The van der Waals surface area contributed by atoms with Crippen molar-refractivity contribution in [3.8, 4) is 0 Å². The van der Waals surface area contributed by atoms with Gasteiger partial charge in [0.15, 0.2) is 0 Å². The molecule has 0 aliphatic carbocycles. The molecule has 0 bridgehead atoms. The van der Waals surface area contributed by atoms with E-state index in [4.69, 9.17) is 14.2 Å². The molecule has 0 N–H and O–H groups in total. The van der Waals surface area contributed by atoms with Crippen LogP contribution in [0.3, 0.4) is 0 Å². The predicted molar refractivity (Wildman–Crippen MR) is 146 cm³/mol. The maximum absolute atomic E-state index is 13.7. The van der Waals surface area contributed by atoms with Crippen LogP contribution in [0, 0.1) is 0 Å². The Hall–Kier alpha value is -1.32. The van der Waals surface area contributed by atoms with Crippen molar-refractivity contribution < 1.29 is 23.2 Å². The first-order valence-electron chi connectivity index (χ1n) is 12.6. The Labute approximate surface area is 216 Å². The summed E-state index contributed by atoms with van der Waals surface area (Å²) >= 11 is 0. The van der Waals surface area contributed by atoms with Crippen LogP contribution in [-0.4, -0.2) is 60.5 Å². The molecule has 0 spiro atoms. The zero-order valence-electron chi connectivity index (χ0n) is 22.7. The molecular formula is C27H45NO5SSi. The van der Waals surface area contributed by atoms with E-state index in [1.165, 1.54) is 0 Å². The highest BCUT2D eigenvalue weighted by Gasteiger charge is 2.50. The summed E-state index contributed by atoms with van der Waals surface area (Å²) in [5.41, 5.74) is 1.42. The van der Waals surface area contributed by atoms with Crippen molar-refractivity contribution in [1.29, 1.82) is 0 Å². The molecule has 6 nitrogen and oxygen atoms in total. The van der Waals surface area contributed by atoms with Gasteiger partial charge >= 0.3 is 5.97 Å². The fraction of sp³-hybridized carbons (Fsp3) is 0.667. The molecule has 35 heavy (non-hydrogen) atoms. The Bertz CT molecular complexity index is 856. The van der Waals surface area contributed by atoms with Gasteiger partial charge in [-0.1, -0.05) is 69.9 Å². The van der Waals surface area contributed by atoms with Gasteiger partial charge in [0.05, 0.1) is 23.9 Å². The highest BCUT2D eigenvalue weighted by atomic mass is 32.2. The highest BCUT2D eigenvalue weighted by Crippen LogP contribution is 2.40. The standard InChI is InChI=1S/C27H45NO5SSi/c1-9-11-24(25(29)33-16-10-2)22-12-14-23(15-13-22)27(19-32-20-27)28(34(30)26(3,4)5)21-31-17-18-35(6,7)8/h10,12-15,24H,2,9,11,16-21H2,1,3-8H3. The van der Waals surface area contributed by atoms with E-state index in [0.29, 0.717) is 26.2 Å². The van der Waals surface area contributed by atoms with Gasteiger partial charge in [0, 0.05) is 14.7 Å². The lowest BCUT2D eigenvalue weighted by atomic mass is 9.85. The third kappa shape index (κ3) is 8.08. The molecule has 2 atom stereocenters. The smallest absolute Gasteiger partial charge is 0.313 e. The van der Waals surface area contributed by atoms with E-state index in [1.54, 1.807) is 6.08 Å². The van der Waals surface area contributed by atoms with Crippen molar-refractivity contribution in [1.82, 2.24) is 4.31 Å². The number of hydrogen-bond acceptors (Lipinski definition) is 5. The summed E-state index contributed by atoms with van der Waals surface area (Å²) in [6, 6.07) is 9.12. The van der Waals surface area contributed by atoms with Gasteiger partial charge in [-0.15, -0.1) is 0 Å². The fourth-order valence-electron chi connectivity index (χ4n) is 3.91. The molecule has 0 saturated carbocycles. The Morgan fingerprint density at radius 1 is 1.26 bits per heavy atom. The third-order valence-electron chi connectivity index (χ3n) is 6.14. The monoisotopic (exact) mass is 523 g/mol. The summed E-state index contributed by atoms with van der Waals surface area (Å²) in [6.45, 7) is 20.7. The van der Waals surface area contributed by atoms with E-state index in [-0.39, 0.29) is 25.2 Å². The van der Waals surface area contributed by atoms with Crippen LogP contribution < -0.4 is 0 Å². The van der Waals surface area contributed by atoms with Gasteiger partial charge in [-0.25, -0.2) is 4.21 Å². The van der Waals surface area contributed by atoms with Gasteiger partial charge in [-0.2, -0.15) is 4.31 Å². The Balaban J connectivity index is 2.31. The molecule has 0 radical (unpaired) electrons. The largest absolute Gasteiger partial charge is 0.461 e. The second-order valence-corrected chi connectivity index (χ2v) is 19.3. The van der Waals surface area contributed by atoms with Gasteiger partial charge < -0.3 is 14.2 Å². The van der Waals surface area contributed by atoms with E-state index in [9.17, 15) is 9.00 Å². The molecule has 0 aromatic heterocycles. The van der Waals surface area contributed by atoms with Crippen molar-refractivity contribution >= 4 is 25.0 Å². The first-order chi connectivity index (χ1) is 16.4. The lowest BCUT2D eigenvalue weighted by molar-refractivity contribution is -0.144. The molecule has 0 amide bonds. The number of nitrogens with zero attached hydrogens (tertiary/aromatic N) is 1. The molecular weight excluding hydrogens is 478 g/mol. The maximum Gasteiger partial charge on any atom is 0.313 e. The van der Waals surface area contributed by atoms with Crippen LogP contribution in [0.4, 0.5) is 0 Å². The lowest BCUT2D eigenvalue weighted by Crippen LogP contribution is -2.62. The zero-order valence-corrected chi connectivity index (χ0v) is 24.5. The summed E-state index contributed by atoms with van der Waals surface area (Å²) < 4.78 is 32.3. The van der Waals surface area contributed by atoms with Crippen LogP contribution in [0.15, 0.2) is 36.9 Å². The zero-order chi connectivity index (χ0) is 26.3. The minimum atomic E-state index is -1.29. The number of carbonyl (C=O) groups is 1. The lowest BCUT2D eigenvalue weighted by Gasteiger charge is -2.50. The van der Waals surface area contributed by atoms with Crippen molar-refractivity contribution in [2.24, 2.45) is 0 Å². The molecule has 1 saturated heterocycles. The maximum atomic E-state index is 13.7. The number of benzene rings is 1. The second-order valence-electron chi connectivity index (χ2n) is 11.5. The van der Waals surface area contributed by atoms with Gasteiger partial charge in [-0.3, -0.25) is 4.79 Å². The predicted octanol–water partition coefficient (Wildman–Crippen LogP) is 5.60. The van der Waals surface area contributed by atoms with Crippen LogP contribution >= 0.6 is 0 Å². The molecule has 1 aromatic rings. The van der Waals surface area contributed by atoms with Gasteiger partial charge in [0.2, 0.25) is 0 Å². The molecule has 1 aliphatic heterocycles. The summed E-state index contributed by atoms with van der Waals surface area (Å²) in [6.07, 6.45) is 3.18. The molecule has 198 valence electrons. The minimum Gasteiger partial charge on any atom is -0.461 e. The first-order valence-corrected chi connectivity index (χ1v) is 17.4. The van der Waals surface area contributed by atoms with E-state index >= 15 is 0 Å². The first kappa shape index (κ1) is 29.9. The third-order valence-corrected chi connectivity index (χ3v) is 9.75. The average Bonchev–Trinajstić information content (AvgIpc) is 2.75. The van der Waals surface area contributed by atoms with Crippen molar-refractivity contribution in [2.75, 3.05) is 33.2 Å². The van der Waals surface area contributed by atoms with Crippen molar-refractivity contribution in [2.45, 2.75) is 82.4 Å². The van der Waals surface area contributed by atoms with E-state index in [1.807, 2.05) is 49.3 Å². The number of esters is 1. The fourth-order valence-corrected chi connectivity index (χ4v) is 6.03. The minimum absolute atomic E-state index is 0.211. The van der Waals surface area contributed by atoms with Crippen LogP contribution in [0.5, 0.6) is 0 Å². The van der Waals surface area contributed by atoms with Gasteiger partial charge in [0.25, 0.3) is 0 Å². The quantitative estimate of drug-likeness (QED) is 0.104. The van der Waals surface area contributed by atoms with Crippen molar-refractivity contribution in [3.05, 3.63) is 48.0 Å². The number of rotatable bonds is 14. The summed E-state index contributed by atoms with van der Waals surface area (Å²) in [4.78, 5) is 12.6. The number of carbonyl (C=O) groups excluding carboxylic acids is 1. The van der Waals surface area contributed by atoms with Crippen molar-refractivity contribution in [3.63, 3.8) is 0 Å². The number of hydrogen-bond donors (Lipinski definition) is 0. The summed E-state index contributed by atoms with van der Waals surface area (Å²) in [5.74, 6) is -0.542. The average molecular weight is 524 g/mol. The molecule has 8 heteroatoms. The van der Waals surface area contributed by atoms with Crippen LogP contribution in [0.1, 0.15) is 57.6 Å². The highest BCUT2D eigenvalue weighted by molar-refractivity contribution is 7.84. The Morgan fingerprint density at radius 2 is 1.89 bits per heavy atom. The van der Waals surface area contributed by atoms with Gasteiger partial charge in [0.1, 0.15) is 29.9 Å². The molecule has 1 aromatic carbocycles. The molecule has 2 rings (SSSR count). The number of ether oxygens (including phenoxy) is 3. The Kier molecular flexibility index (Phi) is 10.9. The van der Waals surface area contributed by atoms with Crippen LogP contribution in [0.25, 0.3) is 0 Å². The van der Waals surface area contributed by atoms with Gasteiger partial charge in [-0.05, 0) is 44.4 Å². The van der Waals surface area contributed by atoms with E-state index < -0.39 is 29.3 Å². The van der Waals surface area contributed by atoms with Crippen LogP contribution in [0.2, 0.25) is 25.7 Å². The summed E-state index contributed by atoms with van der Waals surface area (Å²) in [7, 11) is -2.52. The molecule has 1 fully saturated rings. The van der Waals surface area contributed by atoms with E-state index in [2.05, 4.69) is 33.1 Å². The normalized spacial score (nSPS) is 17.5.